The molecule has 1 aromatic heterocycles. The number of aryl methyl sites for hydroxylation is 2. The molecule has 8 aromatic carbocycles. The summed E-state index contributed by atoms with van der Waals surface area (Å²) in [4.78, 5) is 2.72. The fourth-order valence-corrected chi connectivity index (χ4v) is 10.5. The van der Waals surface area contributed by atoms with E-state index in [0.717, 1.165) is 0 Å². The van der Waals surface area contributed by atoms with Gasteiger partial charge in [0.2, 0.25) is 0 Å². The van der Waals surface area contributed by atoms with Crippen LogP contribution in [-0.2, 0) is 5.41 Å². The van der Waals surface area contributed by atoms with Crippen LogP contribution in [0.4, 0.5) is 11.4 Å². The van der Waals surface area contributed by atoms with Crippen LogP contribution in [0.2, 0.25) is 0 Å². The van der Waals surface area contributed by atoms with Crippen molar-refractivity contribution in [2.24, 2.45) is 0 Å². The molecule has 2 nitrogen and oxygen atoms in total. The minimum Gasteiger partial charge on any atom is -0.376 e. The van der Waals surface area contributed by atoms with Crippen molar-refractivity contribution in [1.82, 2.24) is 4.57 Å². The third kappa shape index (κ3) is 3.72. The SMILES string of the molecule is Cc1ccc(N2B3c4cc(C)ccc4-n4c5ccc6ccccc6c5c5c(-c6ccccc6)cc(c3c54)-c3ccc4c(c32)C(C)(C)c2ccccc2-4)cc1. The van der Waals surface area contributed by atoms with Crippen molar-refractivity contribution in [3.63, 3.8) is 0 Å². The summed E-state index contributed by atoms with van der Waals surface area (Å²) in [5, 5.41) is 5.23. The minimum absolute atomic E-state index is 0.0356. The molecule has 3 aliphatic rings. The van der Waals surface area contributed by atoms with Crippen LogP contribution in [0.15, 0.2) is 152 Å². The molecule has 254 valence electrons. The number of aromatic nitrogens is 1. The summed E-state index contributed by atoms with van der Waals surface area (Å²) in [5.74, 6) is 0. The molecule has 0 radical (unpaired) electrons. The zero-order chi connectivity index (χ0) is 36.0. The highest BCUT2D eigenvalue weighted by molar-refractivity contribution is 6.94. The van der Waals surface area contributed by atoms with Crippen LogP contribution < -0.4 is 15.7 Å². The van der Waals surface area contributed by atoms with Crippen molar-refractivity contribution >= 4 is 61.7 Å². The van der Waals surface area contributed by atoms with Crippen molar-refractivity contribution in [2.45, 2.75) is 33.1 Å². The molecule has 0 spiro atoms. The van der Waals surface area contributed by atoms with Gasteiger partial charge in [-0.15, -0.1) is 0 Å². The van der Waals surface area contributed by atoms with E-state index in [1.807, 2.05) is 0 Å². The van der Waals surface area contributed by atoms with Crippen molar-refractivity contribution in [2.75, 3.05) is 4.81 Å². The molecule has 0 N–H and O–H groups in total. The Morgan fingerprint density at radius 2 is 1.30 bits per heavy atom. The number of fused-ring (bicyclic) bond motifs is 14. The van der Waals surface area contributed by atoms with E-state index in [4.69, 9.17) is 0 Å². The summed E-state index contributed by atoms with van der Waals surface area (Å²) >= 11 is 0. The predicted molar refractivity (Wildman–Crippen MR) is 230 cm³/mol. The second-order valence-corrected chi connectivity index (χ2v) is 16.2. The quantitative estimate of drug-likeness (QED) is 0.164. The Balaban J connectivity index is 1.34. The maximum absolute atomic E-state index is 2.72. The Morgan fingerprint density at radius 1 is 0.556 bits per heavy atom. The third-order valence-corrected chi connectivity index (χ3v) is 12.8. The van der Waals surface area contributed by atoms with Gasteiger partial charge >= 0.3 is 6.85 Å². The molecule has 0 saturated carbocycles. The number of anilines is 2. The lowest BCUT2D eigenvalue weighted by atomic mass is 9.43. The lowest BCUT2D eigenvalue weighted by Crippen LogP contribution is -2.61. The highest BCUT2D eigenvalue weighted by Crippen LogP contribution is 2.58. The monoisotopic (exact) mass is 688 g/mol. The Labute approximate surface area is 316 Å². The Kier molecular flexibility index (Phi) is 5.82. The molecule has 3 heterocycles. The summed E-state index contributed by atoms with van der Waals surface area (Å²) in [7, 11) is 0. The maximum Gasteiger partial charge on any atom is 0.333 e. The highest BCUT2D eigenvalue weighted by Gasteiger charge is 2.48. The standard InChI is InChI=1S/C51H37BN2/c1-30-18-22-34(23-19-30)54-49-38(25-24-37-36-16-10-11-17-41(36)51(3,4)47(37)49)40-29-39(32-12-6-5-7-13-32)46-45-35-15-9-8-14-33(35)21-27-44(45)53-43-26-20-31(2)28-42(43)52(54)48(40)50(46)53/h5-29H,1-4H3. The average molecular weight is 689 g/mol. The first-order valence-electron chi connectivity index (χ1n) is 19.2. The van der Waals surface area contributed by atoms with Gasteiger partial charge in [-0.1, -0.05) is 146 Å². The molecule has 9 aromatic rings. The third-order valence-electron chi connectivity index (χ3n) is 12.8. The van der Waals surface area contributed by atoms with E-state index in [1.165, 1.54) is 116 Å². The molecule has 0 atom stereocenters. The van der Waals surface area contributed by atoms with E-state index in [0.29, 0.717) is 0 Å². The zero-order valence-corrected chi connectivity index (χ0v) is 30.9. The van der Waals surface area contributed by atoms with Crippen LogP contribution in [-0.4, -0.2) is 11.4 Å². The summed E-state index contributed by atoms with van der Waals surface area (Å²) in [6.07, 6.45) is 0. The van der Waals surface area contributed by atoms with Crippen LogP contribution in [0.5, 0.6) is 0 Å². The van der Waals surface area contributed by atoms with E-state index < -0.39 is 0 Å². The van der Waals surface area contributed by atoms with Gasteiger partial charge in [0.15, 0.2) is 0 Å². The first-order valence-corrected chi connectivity index (χ1v) is 19.2. The summed E-state index contributed by atoms with van der Waals surface area (Å²) in [5.41, 5.74) is 22.2. The number of benzene rings is 8. The maximum atomic E-state index is 2.72. The van der Waals surface area contributed by atoms with Gasteiger partial charge < -0.3 is 9.38 Å². The van der Waals surface area contributed by atoms with Gasteiger partial charge in [0.1, 0.15) is 0 Å². The molecule has 0 bridgehead atoms. The normalized spacial score (nSPS) is 14.4. The van der Waals surface area contributed by atoms with Gasteiger partial charge in [-0.3, -0.25) is 0 Å². The highest BCUT2D eigenvalue weighted by atomic mass is 15.1. The van der Waals surface area contributed by atoms with Crippen molar-refractivity contribution in [3.8, 4) is 39.1 Å². The first-order chi connectivity index (χ1) is 26.4. The van der Waals surface area contributed by atoms with Crippen LogP contribution in [0, 0.1) is 13.8 Å². The lowest BCUT2D eigenvalue weighted by molar-refractivity contribution is 0.661. The van der Waals surface area contributed by atoms with Gasteiger partial charge in [0.05, 0.1) is 11.0 Å². The second-order valence-electron chi connectivity index (χ2n) is 16.2. The van der Waals surface area contributed by atoms with E-state index in [9.17, 15) is 0 Å². The van der Waals surface area contributed by atoms with E-state index in [-0.39, 0.29) is 12.3 Å². The summed E-state index contributed by atoms with van der Waals surface area (Å²) in [6, 6.07) is 57.6. The molecular formula is C51H37BN2. The molecule has 12 rings (SSSR count). The van der Waals surface area contributed by atoms with Gasteiger partial charge in [0.25, 0.3) is 0 Å². The largest absolute Gasteiger partial charge is 0.376 e. The molecule has 0 fully saturated rings. The fourth-order valence-electron chi connectivity index (χ4n) is 10.5. The van der Waals surface area contributed by atoms with Crippen molar-refractivity contribution < 1.29 is 0 Å². The van der Waals surface area contributed by atoms with Crippen LogP contribution >= 0.6 is 0 Å². The van der Waals surface area contributed by atoms with E-state index in [2.05, 4.69) is 189 Å². The van der Waals surface area contributed by atoms with E-state index in [1.54, 1.807) is 0 Å². The molecule has 0 unspecified atom stereocenters. The molecule has 2 aliphatic heterocycles. The molecular weight excluding hydrogens is 651 g/mol. The fraction of sp³-hybridized carbons (Fsp3) is 0.0980. The molecule has 0 saturated heterocycles. The number of rotatable bonds is 2. The van der Waals surface area contributed by atoms with Crippen molar-refractivity contribution in [3.05, 3.63) is 174 Å². The Bertz CT molecular complexity index is 3090. The molecule has 1 aliphatic carbocycles. The molecule has 54 heavy (non-hydrogen) atoms. The van der Waals surface area contributed by atoms with Gasteiger partial charge in [0, 0.05) is 38.8 Å². The Hall–Kier alpha value is -6.32. The number of nitrogens with zero attached hydrogens (tertiary/aromatic N) is 2. The second kappa shape index (κ2) is 10.4. The topological polar surface area (TPSA) is 8.17 Å². The predicted octanol–water partition coefficient (Wildman–Crippen LogP) is 11.8. The van der Waals surface area contributed by atoms with Gasteiger partial charge in [-0.2, -0.15) is 0 Å². The van der Waals surface area contributed by atoms with Crippen LogP contribution in [0.25, 0.3) is 71.6 Å². The molecule has 3 heteroatoms. The van der Waals surface area contributed by atoms with Crippen LogP contribution in [0.1, 0.15) is 36.1 Å². The minimum atomic E-state index is -0.192. The molecule has 0 amide bonds. The Morgan fingerprint density at radius 3 is 2.15 bits per heavy atom. The summed E-state index contributed by atoms with van der Waals surface area (Å²) < 4.78 is 2.61. The number of hydrogen-bond acceptors (Lipinski definition) is 1. The summed E-state index contributed by atoms with van der Waals surface area (Å²) in [6.45, 7) is 9.27. The van der Waals surface area contributed by atoms with Gasteiger partial charge in [-0.25, -0.2) is 0 Å². The number of hydrogen-bond donors (Lipinski definition) is 0. The zero-order valence-electron chi connectivity index (χ0n) is 30.9. The van der Waals surface area contributed by atoms with E-state index >= 15 is 0 Å². The van der Waals surface area contributed by atoms with Gasteiger partial charge in [-0.05, 0) is 105 Å². The lowest BCUT2D eigenvalue weighted by Gasteiger charge is -2.44. The van der Waals surface area contributed by atoms with Crippen molar-refractivity contribution in [1.29, 1.82) is 0 Å². The van der Waals surface area contributed by atoms with Crippen LogP contribution in [0.3, 0.4) is 0 Å². The smallest absolute Gasteiger partial charge is 0.333 e. The average Bonchev–Trinajstić information content (AvgIpc) is 3.67. The first kappa shape index (κ1) is 30.2.